The molecular formula is C20H23N7O. The molecule has 5 rings (SSSR count). The first-order valence-electron chi connectivity index (χ1n) is 9.65. The summed E-state index contributed by atoms with van der Waals surface area (Å²) in [7, 11) is 1.83. The van der Waals surface area contributed by atoms with Gasteiger partial charge < -0.3 is 9.80 Å². The topological polar surface area (TPSA) is 70.4 Å². The fourth-order valence-corrected chi connectivity index (χ4v) is 4.08. The van der Waals surface area contributed by atoms with Gasteiger partial charge in [0, 0.05) is 39.4 Å². The van der Waals surface area contributed by atoms with Crippen molar-refractivity contribution in [2.45, 2.75) is 19.4 Å². The number of likely N-dealkylation sites (N-methyl/N-ethyl adjacent to an activating group) is 1. The molecule has 8 nitrogen and oxygen atoms in total. The summed E-state index contributed by atoms with van der Waals surface area (Å²) in [6.45, 7) is 5.23. The van der Waals surface area contributed by atoms with E-state index in [-0.39, 0.29) is 12.1 Å². The average molecular weight is 377 g/mol. The number of carbonyl (C=O) groups is 1. The molecular weight excluding hydrogens is 354 g/mol. The molecule has 0 aliphatic carbocycles. The quantitative estimate of drug-likeness (QED) is 0.701. The second-order valence-electron chi connectivity index (χ2n) is 7.54. The van der Waals surface area contributed by atoms with E-state index < -0.39 is 0 Å². The first kappa shape index (κ1) is 17.0. The van der Waals surface area contributed by atoms with Crippen LogP contribution >= 0.6 is 0 Å². The normalized spacial score (nSPS) is 20.0. The Balaban J connectivity index is 1.35. The maximum atomic E-state index is 12.2. The van der Waals surface area contributed by atoms with Crippen LogP contribution in [0.5, 0.6) is 0 Å². The second kappa shape index (κ2) is 6.47. The minimum atomic E-state index is 0.0367. The van der Waals surface area contributed by atoms with Crippen LogP contribution in [-0.4, -0.2) is 63.9 Å². The molecule has 2 fully saturated rings. The van der Waals surface area contributed by atoms with Gasteiger partial charge in [0.05, 0.1) is 34.7 Å². The molecule has 3 aromatic rings. The molecule has 2 saturated heterocycles. The van der Waals surface area contributed by atoms with Crippen LogP contribution in [0, 0.1) is 6.92 Å². The molecule has 2 aliphatic heterocycles. The lowest BCUT2D eigenvalue weighted by molar-refractivity contribution is 0.229. The van der Waals surface area contributed by atoms with Crippen LogP contribution in [0.3, 0.4) is 0 Å². The molecule has 0 saturated carbocycles. The third-order valence-electron chi connectivity index (χ3n) is 5.67. The summed E-state index contributed by atoms with van der Waals surface area (Å²) in [5.74, 6) is 0.949. The number of aryl methyl sites for hydroxylation is 1. The number of anilines is 2. The standard InChI is InChI=1S/C20H23N7O/c1-14-19(23-18-6-4-3-5-17(18)22-14)25-8-7-15(12-25)27-13-16(11-21-27)26-10-9-24(2)20(26)28/h3-6,11,13,15H,7-10,12H2,1-2H3. The number of benzene rings is 1. The highest BCUT2D eigenvalue weighted by Gasteiger charge is 2.30. The number of aromatic nitrogens is 4. The Bertz CT molecular complexity index is 1050. The van der Waals surface area contributed by atoms with Crippen LogP contribution in [0.1, 0.15) is 18.2 Å². The van der Waals surface area contributed by atoms with Crippen LogP contribution in [0.4, 0.5) is 16.3 Å². The number of hydrogen-bond donors (Lipinski definition) is 0. The first-order chi connectivity index (χ1) is 13.6. The Morgan fingerprint density at radius 2 is 1.86 bits per heavy atom. The summed E-state index contributed by atoms with van der Waals surface area (Å²) in [4.78, 5) is 27.6. The van der Waals surface area contributed by atoms with Crippen molar-refractivity contribution in [3.05, 3.63) is 42.4 Å². The maximum absolute atomic E-state index is 12.2. The summed E-state index contributed by atoms with van der Waals surface area (Å²) in [5, 5.41) is 4.54. The van der Waals surface area contributed by atoms with E-state index in [0.29, 0.717) is 6.54 Å². The lowest BCUT2D eigenvalue weighted by atomic mass is 10.3. The molecule has 1 atom stereocenters. The van der Waals surface area contributed by atoms with Crippen molar-refractivity contribution in [3.8, 4) is 0 Å². The molecule has 2 aliphatic rings. The number of nitrogens with zero attached hydrogens (tertiary/aromatic N) is 7. The van der Waals surface area contributed by atoms with E-state index in [0.717, 1.165) is 54.3 Å². The molecule has 0 radical (unpaired) electrons. The Morgan fingerprint density at radius 3 is 2.61 bits per heavy atom. The molecule has 1 unspecified atom stereocenters. The van der Waals surface area contributed by atoms with E-state index >= 15 is 0 Å². The Morgan fingerprint density at radius 1 is 1.07 bits per heavy atom. The number of rotatable bonds is 3. The SMILES string of the molecule is Cc1nc2ccccc2nc1N1CCC(n2cc(N3CCN(C)C3=O)cn2)C1. The predicted molar refractivity (Wildman–Crippen MR) is 108 cm³/mol. The molecule has 8 heteroatoms. The summed E-state index contributed by atoms with van der Waals surface area (Å²) >= 11 is 0. The molecule has 144 valence electrons. The molecule has 0 spiro atoms. The summed E-state index contributed by atoms with van der Waals surface area (Å²) in [6.07, 6.45) is 4.77. The minimum absolute atomic E-state index is 0.0367. The van der Waals surface area contributed by atoms with Crippen molar-refractivity contribution in [1.82, 2.24) is 24.6 Å². The summed E-state index contributed by atoms with van der Waals surface area (Å²) in [6, 6.07) is 8.27. The van der Waals surface area contributed by atoms with E-state index in [4.69, 9.17) is 9.97 Å². The van der Waals surface area contributed by atoms with Gasteiger partial charge in [-0.15, -0.1) is 0 Å². The maximum Gasteiger partial charge on any atom is 0.324 e. The van der Waals surface area contributed by atoms with Crippen LogP contribution in [-0.2, 0) is 0 Å². The lowest BCUT2D eigenvalue weighted by Crippen LogP contribution is -2.28. The van der Waals surface area contributed by atoms with Crippen molar-refractivity contribution < 1.29 is 4.79 Å². The molecule has 0 bridgehead atoms. The fourth-order valence-electron chi connectivity index (χ4n) is 4.08. The zero-order chi connectivity index (χ0) is 19.3. The number of amides is 2. The van der Waals surface area contributed by atoms with Crippen LogP contribution in [0.15, 0.2) is 36.7 Å². The molecule has 2 aromatic heterocycles. The highest BCUT2D eigenvalue weighted by atomic mass is 16.2. The smallest absolute Gasteiger partial charge is 0.324 e. The van der Waals surface area contributed by atoms with Gasteiger partial charge in [-0.1, -0.05) is 12.1 Å². The van der Waals surface area contributed by atoms with E-state index in [1.165, 1.54) is 0 Å². The van der Waals surface area contributed by atoms with Crippen molar-refractivity contribution in [2.24, 2.45) is 0 Å². The number of carbonyl (C=O) groups excluding carboxylic acids is 1. The van der Waals surface area contributed by atoms with Crippen molar-refractivity contribution in [1.29, 1.82) is 0 Å². The van der Waals surface area contributed by atoms with Gasteiger partial charge in [-0.3, -0.25) is 9.58 Å². The Kier molecular flexibility index (Phi) is 3.92. The zero-order valence-corrected chi connectivity index (χ0v) is 16.1. The number of hydrogen-bond acceptors (Lipinski definition) is 5. The molecule has 28 heavy (non-hydrogen) atoms. The fraction of sp³-hybridized carbons (Fsp3) is 0.400. The van der Waals surface area contributed by atoms with Gasteiger partial charge in [0.15, 0.2) is 5.82 Å². The number of urea groups is 1. The molecule has 2 amide bonds. The van der Waals surface area contributed by atoms with Gasteiger partial charge >= 0.3 is 6.03 Å². The van der Waals surface area contributed by atoms with Crippen molar-refractivity contribution in [2.75, 3.05) is 43.0 Å². The minimum Gasteiger partial charge on any atom is -0.353 e. The van der Waals surface area contributed by atoms with E-state index in [1.807, 2.05) is 49.1 Å². The number of fused-ring (bicyclic) bond motifs is 1. The van der Waals surface area contributed by atoms with Crippen LogP contribution < -0.4 is 9.80 Å². The average Bonchev–Trinajstić information content (AvgIpc) is 3.42. The Hall–Kier alpha value is -3.16. The van der Waals surface area contributed by atoms with Crippen LogP contribution in [0.2, 0.25) is 0 Å². The van der Waals surface area contributed by atoms with Crippen LogP contribution in [0.25, 0.3) is 11.0 Å². The predicted octanol–water partition coefficient (Wildman–Crippen LogP) is 2.46. The Labute approximate surface area is 163 Å². The van der Waals surface area contributed by atoms with Gasteiger partial charge in [-0.05, 0) is 25.5 Å². The summed E-state index contributed by atoms with van der Waals surface area (Å²) in [5.41, 5.74) is 3.67. The largest absolute Gasteiger partial charge is 0.353 e. The highest BCUT2D eigenvalue weighted by molar-refractivity contribution is 5.93. The molecule has 0 N–H and O–H groups in total. The van der Waals surface area contributed by atoms with Gasteiger partial charge in [-0.25, -0.2) is 14.8 Å². The molecule has 1 aromatic carbocycles. The van der Waals surface area contributed by atoms with Gasteiger partial charge in [0.2, 0.25) is 0 Å². The van der Waals surface area contributed by atoms with Gasteiger partial charge in [-0.2, -0.15) is 5.10 Å². The highest BCUT2D eigenvalue weighted by Crippen LogP contribution is 2.29. The second-order valence-corrected chi connectivity index (χ2v) is 7.54. The zero-order valence-electron chi connectivity index (χ0n) is 16.1. The van der Waals surface area contributed by atoms with Crippen molar-refractivity contribution >= 4 is 28.6 Å². The van der Waals surface area contributed by atoms with Gasteiger partial charge in [0.25, 0.3) is 0 Å². The first-order valence-corrected chi connectivity index (χ1v) is 9.65. The molecule has 4 heterocycles. The number of para-hydroxylation sites is 2. The monoisotopic (exact) mass is 377 g/mol. The van der Waals surface area contributed by atoms with E-state index in [9.17, 15) is 4.79 Å². The van der Waals surface area contributed by atoms with Crippen molar-refractivity contribution in [3.63, 3.8) is 0 Å². The summed E-state index contributed by atoms with van der Waals surface area (Å²) < 4.78 is 1.99. The lowest BCUT2D eigenvalue weighted by Gasteiger charge is -2.19. The third-order valence-corrected chi connectivity index (χ3v) is 5.67. The van der Waals surface area contributed by atoms with E-state index in [1.54, 1.807) is 16.0 Å². The van der Waals surface area contributed by atoms with E-state index in [2.05, 4.69) is 10.00 Å². The van der Waals surface area contributed by atoms with Gasteiger partial charge in [0.1, 0.15) is 0 Å². The third kappa shape index (κ3) is 2.76.